The average molecular weight is 458 g/mol. The molecule has 0 saturated heterocycles. The number of ether oxygens (including phenoxy) is 1. The fourth-order valence-corrected chi connectivity index (χ4v) is 3.94. The Morgan fingerprint density at radius 2 is 1.96 bits per heavy atom. The van der Waals surface area contributed by atoms with Crippen LogP contribution < -0.4 is 10.4 Å². The van der Waals surface area contributed by atoms with E-state index in [-0.39, 0.29) is 12.3 Å². The van der Waals surface area contributed by atoms with E-state index in [0.29, 0.717) is 10.9 Å². The van der Waals surface area contributed by atoms with Crippen molar-refractivity contribution in [2.75, 3.05) is 0 Å². The van der Waals surface area contributed by atoms with Gasteiger partial charge >= 0.3 is 5.69 Å². The predicted octanol–water partition coefficient (Wildman–Crippen LogP) is 3.74. The second kappa shape index (κ2) is 7.69. The largest absolute Gasteiger partial charge is 0.465 e. The van der Waals surface area contributed by atoms with Crippen LogP contribution in [-0.4, -0.2) is 24.8 Å². The lowest BCUT2D eigenvalue weighted by Crippen LogP contribution is -2.23. The van der Waals surface area contributed by atoms with Crippen LogP contribution in [0.1, 0.15) is 11.1 Å². The lowest BCUT2D eigenvalue weighted by Gasteiger charge is -2.10. The maximum atomic E-state index is 12.2. The van der Waals surface area contributed by atoms with Crippen molar-refractivity contribution in [2.24, 2.45) is 7.05 Å². The molecule has 0 saturated carbocycles. The van der Waals surface area contributed by atoms with E-state index in [1.165, 1.54) is 20.7 Å². The smallest absolute Gasteiger partial charge is 0.368 e. The second-order valence-electron chi connectivity index (χ2n) is 6.14. The van der Waals surface area contributed by atoms with Crippen molar-refractivity contribution in [3.8, 4) is 22.1 Å². The summed E-state index contributed by atoms with van der Waals surface area (Å²) in [6, 6.07) is 13.6. The third-order valence-corrected chi connectivity index (χ3v) is 5.78. The molecule has 0 aliphatic rings. The normalized spacial score (nSPS) is 11.0. The van der Waals surface area contributed by atoms with Crippen LogP contribution in [0.2, 0.25) is 0 Å². The van der Waals surface area contributed by atoms with E-state index >= 15 is 0 Å². The molecule has 0 radical (unpaired) electrons. The molecule has 0 amide bonds. The number of aryl methyl sites for hydroxylation is 2. The van der Waals surface area contributed by atoms with Gasteiger partial charge in [0.1, 0.15) is 6.61 Å². The molecule has 0 fully saturated rings. The quantitative estimate of drug-likeness (QED) is 0.456. The lowest BCUT2D eigenvalue weighted by atomic mass is 10.1. The molecule has 4 rings (SSSR count). The van der Waals surface area contributed by atoms with Gasteiger partial charge in [0, 0.05) is 28.0 Å². The van der Waals surface area contributed by atoms with E-state index in [0.717, 1.165) is 26.9 Å². The van der Waals surface area contributed by atoms with Gasteiger partial charge in [-0.1, -0.05) is 57.6 Å². The zero-order chi connectivity index (χ0) is 19.7. The highest BCUT2D eigenvalue weighted by Crippen LogP contribution is 2.30. The third-order valence-electron chi connectivity index (χ3n) is 4.29. The Balaban J connectivity index is 1.61. The maximum absolute atomic E-state index is 12.2. The highest BCUT2D eigenvalue weighted by molar-refractivity contribution is 9.10. The topological polar surface area (TPSA) is 74.8 Å². The van der Waals surface area contributed by atoms with Gasteiger partial charge in [0.25, 0.3) is 5.19 Å². The van der Waals surface area contributed by atoms with Crippen molar-refractivity contribution in [3.63, 3.8) is 0 Å². The van der Waals surface area contributed by atoms with E-state index in [4.69, 9.17) is 4.74 Å². The SMILES string of the molecule is Cc1ccccc1-c1csc(OCc2c(Br)cccc2-n2nnn(C)c2=O)n1. The minimum atomic E-state index is -0.324. The minimum Gasteiger partial charge on any atom is -0.465 e. The molecule has 2 aromatic heterocycles. The van der Waals surface area contributed by atoms with Gasteiger partial charge in [0.05, 0.1) is 11.4 Å². The first-order valence-corrected chi connectivity index (χ1v) is 10.1. The van der Waals surface area contributed by atoms with Crippen LogP contribution in [-0.2, 0) is 13.7 Å². The van der Waals surface area contributed by atoms with Crippen molar-refractivity contribution in [2.45, 2.75) is 13.5 Å². The van der Waals surface area contributed by atoms with Crippen molar-refractivity contribution in [1.82, 2.24) is 24.8 Å². The molecule has 142 valence electrons. The van der Waals surface area contributed by atoms with Gasteiger partial charge < -0.3 is 4.74 Å². The zero-order valence-electron chi connectivity index (χ0n) is 15.2. The van der Waals surface area contributed by atoms with Crippen LogP contribution in [0.5, 0.6) is 5.19 Å². The van der Waals surface area contributed by atoms with Gasteiger partial charge in [0.15, 0.2) is 0 Å². The molecule has 7 nitrogen and oxygen atoms in total. The van der Waals surface area contributed by atoms with Crippen molar-refractivity contribution < 1.29 is 4.74 Å². The molecule has 0 unspecified atom stereocenters. The number of tetrazole rings is 1. The number of rotatable bonds is 5. The number of hydrogen-bond acceptors (Lipinski definition) is 6. The summed E-state index contributed by atoms with van der Waals surface area (Å²) in [4.78, 5) is 16.8. The number of aromatic nitrogens is 5. The molecule has 0 bridgehead atoms. The summed E-state index contributed by atoms with van der Waals surface area (Å²) in [5.74, 6) is 0. The average Bonchev–Trinajstić information content (AvgIpc) is 3.28. The Morgan fingerprint density at radius 1 is 1.14 bits per heavy atom. The van der Waals surface area contributed by atoms with E-state index in [2.05, 4.69) is 44.3 Å². The Labute approximate surface area is 173 Å². The van der Waals surface area contributed by atoms with E-state index < -0.39 is 0 Å². The van der Waals surface area contributed by atoms with Gasteiger partial charge in [-0.2, -0.15) is 9.36 Å². The van der Waals surface area contributed by atoms with Crippen molar-refractivity contribution in [1.29, 1.82) is 0 Å². The van der Waals surface area contributed by atoms with Crippen LogP contribution in [0, 0.1) is 6.92 Å². The van der Waals surface area contributed by atoms with Crippen molar-refractivity contribution in [3.05, 3.63) is 73.9 Å². The molecule has 2 aromatic carbocycles. The molecule has 28 heavy (non-hydrogen) atoms. The van der Waals surface area contributed by atoms with Crippen molar-refractivity contribution >= 4 is 27.3 Å². The van der Waals surface area contributed by atoms with E-state index in [1.54, 1.807) is 13.1 Å². The molecule has 0 N–H and O–H groups in total. The molecule has 0 aliphatic carbocycles. The van der Waals surface area contributed by atoms with Crippen LogP contribution in [0.4, 0.5) is 0 Å². The minimum absolute atomic E-state index is 0.237. The summed E-state index contributed by atoms with van der Waals surface area (Å²) in [5, 5.41) is 10.2. The van der Waals surface area contributed by atoms with Gasteiger partial charge in [-0.15, -0.1) is 0 Å². The van der Waals surface area contributed by atoms with E-state index in [1.807, 2.05) is 35.7 Å². The monoisotopic (exact) mass is 457 g/mol. The Morgan fingerprint density at radius 3 is 2.71 bits per heavy atom. The fourth-order valence-electron chi connectivity index (χ4n) is 2.79. The lowest BCUT2D eigenvalue weighted by molar-refractivity contribution is 0.303. The molecule has 4 aromatic rings. The van der Waals surface area contributed by atoms with Crippen LogP contribution in [0.15, 0.2) is 57.1 Å². The predicted molar refractivity (Wildman–Crippen MR) is 111 cm³/mol. The van der Waals surface area contributed by atoms with Crippen LogP contribution in [0.25, 0.3) is 16.9 Å². The first kappa shape index (κ1) is 18.6. The van der Waals surface area contributed by atoms with Gasteiger partial charge in [-0.3, -0.25) is 0 Å². The molecule has 9 heteroatoms. The summed E-state index contributed by atoms with van der Waals surface area (Å²) in [5.41, 5.74) is 4.21. The second-order valence-corrected chi connectivity index (χ2v) is 7.81. The summed E-state index contributed by atoms with van der Waals surface area (Å²) in [6.45, 7) is 2.29. The van der Waals surface area contributed by atoms with Gasteiger partial charge in [-0.25, -0.2) is 9.78 Å². The number of hydrogen-bond donors (Lipinski definition) is 0. The number of thiazole rings is 1. The maximum Gasteiger partial charge on any atom is 0.368 e. The van der Waals surface area contributed by atoms with Gasteiger partial charge in [0.2, 0.25) is 0 Å². The van der Waals surface area contributed by atoms with Crippen LogP contribution >= 0.6 is 27.3 Å². The molecule has 0 atom stereocenters. The fraction of sp³-hybridized carbons (Fsp3) is 0.158. The highest BCUT2D eigenvalue weighted by Gasteiger charge is 2.15. The number of nitrogens with zero attached hydrogens (tertiary/aromatic N) is 5. The van der Waals surface area contributed by atoms with Crippen LogP contribution in [0.3, 0.4) is 0 Å². The molecule has 2 heterocycles. The van der Waals surface area contributed by atoms with Gasteiger partial charge in [-0.05, 0) is 35.0 Å². The highest BCUT2D eigenvalue weighted by atomic mass is 79.9. The summed E-state index contributed by atoms with van der Waals surface area (Å²) in [7, 11) is 1.56. The molecule has 0 spiro atoms. The molecular weight excluding hydrogens is 442 g/mol. The zero-order valence-corrected chi connectivity index (χ0v) is 17.6. The van der Waals surface area contributed by atoms with E-state index in [9.17, 15) is 4.79 Å². The summed E-state index contributed by atoms with van der Waals surface area (Å²) >= 11 is 4.97. The third kappa shape index (κ3) is 3.50. The Kier molecular flexibility index (Phi) is 5.10. The molecule has 0 aliphatic heterocycles. The number of halogens is 1. The molecular formula is C19H16BrN5O2S. The Hall–Kier alpha value is -2.78. The number of benzene rings is 2. The Bertz CT molecular complexity index is 1200. The standard InChI is InChI=1S/C19H16BrN5O2S/c1-12-6-3-4-7-13(12)16-11-28-18(21-16)27-10-14-15(20)8-5-9-17(14)25-19(26)24(2)22-23-25/h3-9,11H,10H2,1-2H3. The first-order valence-electron chi connectivity index (χ1n) is 8.45. The summed E-state index contributed by atoms with van der Waals surface area (Å²) < 4.78 is 9.18. The summed E-state index contributed by atoms with van der Waals surface area (Å²) in [6.07, 6.45) is 0. The first-order chi connectivity index (χ1) is 13.5.